The molecule has 1 heterocycles. The Morgan fingerprint density at radius 2 is 1.75 bits per heavy atom. The third-order valence-electron chi connectivity index (χ3n) is 4.34. The van der Waals surface area contributed by atoms with Crippen molar-refractivity contribution in [2.24, 2.45) is 0 Å². The second-order valence-corrected chi connectivity index (χ2v) is 8.17. The van der Waals surface area contributed by atoms with E-state index in [1.807, 2.05) is 0 Å². The largest absolute Gasteiger partial charge is 0.612 e. The molecule has 2 aromatic rings. The van der Waals surface area contributed by atoms with Crippen LogP contribution in [-0.4, -0.2) is 22.2 Å². The molecular weight excluding hydrogens is 396 g/mol. The van der Waals surface area contributed by atoms with E-state index < -0.39 is 40.1 Å². The van der Waals surface area contributed by atoms with Crippen molar-refractivity contribution < 1.29 is 31.6 Å². The minimum atomic E-state index is -4.58. The average molecular weight is 412 g/mol. The van der Waals surface area contributed by atoms with Crippen molar-refractivity contribution in [2.75, 3.05) is 6.26 Å². The number of alkyl halides is 3. The van der Waals surface area contributed by atoms with Crippen molar-refractivity contribution >= 4 is 28.3 Å². The third kappa shape index (κ3) is 3.66. The molecule has 0 saturated carbocycles. The molecule has 0 fully saturated rings. The predicted molar refractivity (Wildman–Crippen MR) is 97.2 cm³/mol. The van der Waals surface area contributed by atoms with Crippen molar-refractivity contribution in [3.05, 3.63) is 65.0 Å². The van der Waals surface area contributed by atoms with Crippen LogP contribution in [0.2, 0.25) is 0 Å². The summed E-state index contributed by atoms with van der Waals surface area (Å²) >= 11 is -1.55. The first-order valence-corrected chi connectivity index (χ1v) is 9.76. The molecule has 0 amide bonds. The fourth-order valence-electron chi connectivity index (χ4n) is 2.95. The Kier molecular flexibility index (Phi) is 5.05. The molecule has 0 radical (unpaired) electrons. The Morgan fingerprint density at radius 1 is 1.07 bits per heavy atom. The molecule has 0 N–H and O–H groups in total. The van der Waals surface area contributed by atoms with Gasteiger partial charge in [0.25, 0.3) is 0 Å². The number of benzene rings is 2. The molecule has 1 aliphatic heterocycles. The summed E-state index contributed by atoms with van der Waals surface area (Å²) in [6.07, 6.45) is -3.25. The van der Waals surface area contributed by atoms with Gasteiger partial charge in [-0.25, -0.2) is 4.39 Å². The molecule has 28 heavy (non-hydrogen) atoms. The molecule has 0 saturated heterocycles. The van der Waals surface area contributed by atoms with E-state index in [0.29, 0.717) is 0 Å². The molecule has 0 spiro atoms. The monoisotopic (exact) mass is 412 g/mol. The minimum Gasteiger partial charge on any atom is -0.612 e. The Balaban J connectivity index is 2.20. The van der Waals surface area contributed by atoms with Gasteiger partial charge in [0.05, 0.1) is 11.1 Å². The van der Waals surface area contributed by atoms with E-state index in [4.69, 9.17) is 4.74 Å². The second-order valence-electron chi connectivity index (χ2n) is 6.82. The normalized spacial score (nSPS) is 17.6. The standard InChI is InChI=1S/C20H16F4O3S/c1-19(2)18(25)16(11-5-4-6-13(9-11)20(22,23)24)17(27-19)12-7-8-15(28(3)26)14(21)10-12/h4-10H,1-3H3. The van der Waals surface area contributed by atoms with E-state index in [-0.39, 0.29) is 27.4 Å². The molecule has 0 aliphatic carbocycles. The number of halogens is 4. The van der Waals surface area contributed by atoms with Gasteiger partial charge in [-0.3, -0.25) is 4.79 Å². The summed E-state index contributed by atoms with van der Waals surface area (Å²) in [5, 5.41) is 0. The van der Waals surface area contributed by atoms with Crippen LogP contribution in [0.1, 0.15) is 30.5 Å². The van der Waals surface area contributed by atoms with Crippen molar-refractivity contribution in [2.45, 2.75) is 30.5 Å². The summed E-state index contributed by atoms with van der Waals surface area (Å²) in [6.45, 7) is 2.98. The molecule has 1 aliphatic rings. The number of Topliss-reactive ketones (excluding diaryl/α,β-unsaturated/α-hetero) is 1. The molecule has 1 unspecified atom stereocenters. The maximum Gasteiger partial charge on any atom is 0.416 e. The lowest BCUT2D eigenvalue weighted by Gasteiger charge is -2.18. The quantitative estimate of drug-likeness (QED) is 0.536. The van der Waals surface area contributed by atoms with E-state index in [1.165, 1.54) is 44.4 Å². The van der Waals surface area contributed by atoms with Crippen LogP contribution in [0.4, 0.5) is 17.6 Å². The molecule has 1 atom stereocenters. The third-order valence-corrected chi connectivity index (χ3v) is 5.29. The molecule has 0 bridgehead atoms. The van der Waals surface area contributed by atoms with Crippen LogP contribution in [0.3, 0.4) is 0 Å². The fraction of sp³-hybridized carbons (Fsp3) is 0.250. The maximum atomic E-state index is 14.3. The van der Waals surface area contributed by atoms with Crippen molar-refractivity contribution in [1.82, 2.24) is 0 Å². The van der Waals surface area contributed by atoms with Crippen LogP contribution >= 0.6 is 0 Å². The molecule has 0 aromatic heterocycles. The van der Waals surface area contributed by atoms with Crippen LogP contribution in [0.15, 0.2) is 47.4 Å². The summed E-state index contributed by atoms with van der Waals surface area (Å²) < 4.78 is 70.8. The van der Waals surface area contributed by atoms with Gasteiger partial charge >= 0.3 is 6.18 Å². The first-order chi connectivity index (χ1) is 12.9. The Labute approximate surface area is 162 Å². The summed E-state index contributed by atoms with van der Waals surface area (Å²) in [5.41, 5.74) is -2.07. The summed E-state index contributed by atoms with van der Waals surface area (Å²) in [4.78, 5) is 12.8. The van der Waals surface area contributed by atoms with E-state index in [2.05, 4.69) is 0 Å². The van der Waals surface area contributed by atoms with Crippen molar-refractivity contribution in [1.29, 1.82) is 0 Å². The molecular formula is C20H16F4O3S. The van der Waals surface area contributed by atoms with Crippen LogP contribution in [-0.2, 0) is 26.9 Å². The number of carbonyl (C=O) groups excluding carboxylic acids is 1. The summed E-state index contributed by atoms with van der Waals surface area (Å²) in [6, 6.07) is 8.14. The lowest BCUT2D eigenvalue weighted by molar-refractivity contribution is -0.137. The lowest BCUT2D eigenvalue weighted by Crippen LogP contribution is -2.29. The van der Waals surface area contributed by atoms with E-state index in [1.54, 1.807) is 0 Å². The summed E-state index contributed by atoms with van der Waals surface area (Å²) in [5.74, 6) is -1.28. The van der Waals surface area contributed by atoms with Crippen LogP contribution in [0.25, 0.3) is 11.3 Å². The van der Waals surface area contributed by atoms with Gasteiger partial charge in [0.1, 0.15) is 12.0 Å². The zero-order chi connectivity index (χ0) is 20.9. The van der Waals surface area contributed by atoms with Crippen LogP contribution in [0, 0.1) is 5.82 Å². The van der Waals surface area contributed by atoms with E-state index >= 15 is 0 Å². The second kappa shape index (κ2) is 6.93. The SMILES string of the molecule is C[S+]([O-])c1ccc(C2=C(c3cccc(C(F)(F)F)c3)C(=O)C(C)(C)O2)cc1F. The highest BCUT2D eigenvalue weighted by molar-refractivity contribution is 7.90. The zero-order valence-corrected chi connectivity index (χ0v) is 16.0. The Hall–Kier alpha value is -2.32. The molecule has 2 aromatic carbocycles. The van der Waals surface area contributed by atoms with Gasteiger partial charge in [-0.1, -0.05) is 12.1 Å². The first-order valence-electron chi connectivity index (χ1n) is 8.21. The lowest BCUT2D eigenvalue weighted by atomic mass is 9.92. The van der Waals surface area contributed by atoms with Gasteiger partial charge < -0.3 is 9.29 Å². The number of hydrogen-bond donors (Lipinski definition) is 0. The minimum absolute atomic E-state index is 0.0124. The average Bonchev–Trinajstić information content (AvgIpc) is 2.84. The number of ketones is 1. The highest BCUT2D eigenvalue weighted by atomic mass is 32.2. The van der Waals surface area contributed by atoms with Crippen molar-refractivity contribution in [3.8, 4) is 0 Å². The van der Waals surface area contributed by atoms with Gasteiger partial charge in [0.15, 0.2) is 16.3 Å². The first kappa shape index (κ1) is 20.4. The number of rotatable bonds is 3. The molecule has 148 valence electrons. The highest BCUT2D eigenvalue weighted by Gasteiger charge is 2.43. The van der Waals surface area contributed by atoms with Gasteiger partial charge in [0, 0.05) is 5.56 Å². The topological polar surface area (TPSA) is 49.4 Å². The number of hydrogen-bond acceptors (Lipinski definition) is 3. The highest BCUT2D eigenvalue weighted by Crippen LogP contribution is 2.42. The van der Waals surface area contributed by atoms with Gasteiger partial charge in [-0.2, -0.15) is 13.2 Å². The van der Waals surface area contributed by atoms with Crippen LogP contribution < -0.4 is 0 Å². The van der Waals surface area contributed by atoms with Crippen molar-refractivity contribution in [3.63, 3.8) is 0 Å². The molecule has 3 nitrogen and oxygen atoms in total. The molecule has 3 rings (SSSR count). The fourth-order valence-corrected chi connectivity index (χ4v) is 3.54. The van der Waals surface area contributed by atoms with Gasteiger partial charge in [0.2, 0.25) is 5.78 Å². The Bertz CT molecular complexity index is 978. The van der Waals surface area contributed by atoms with Gasteiger partial charge in [-0.15, -0.1) is 0 Å². The number of carbonyl (C=O) groups is 1. The Morgan fingerprint density at radius 3 is 2.32 bits per heavy atom. The van der Waals surface area contributed by atoms with E-state index in [0.717, 1.165) is 18.2 Å². The number of ether oxygens (including phenoxy) is 1. The smallest absolute Gasteiger partial charge is 0.416 e. The zero-order valence-electron chi connectivity index (χ0n) is 15.2. The maximum absolute atomic E-state index is 14.3. The van der Waals surface area contributed by atoms with E-state index in [9.17, 15) is 26.9 Å². The summed E-state index contributed by atoms with van der Waals surface area (Å²) in [7, 11) is 0. The van der Waals surface area contributed by atoms with Crippen LogP contribution in [0.5, 0.6) is 0 Å². The molecule has 8 heteroatoms. The predicted octanol–water partition coefficient (Wildman–Crippen LogP) is 4.83. The van der Waals surface area contributed by atoms with Gasteiger partial charge in [-0.05, 0) is 60.9 Å².